The van der Waals surface area contributed by atoms with Gasteiger partial charge < -0.3 is 9.64 Å². The molecule has 0 saturated heterocycles. The molecular weight excluding hydrogens is 338 g/mol. The molecule has 0 fully saturated rings. The predicted octanol–water partition coefficient (Wildman–Crippen LogP) is 5.23. The molecular formula is C23H21NO3. The molecule has 3 aromatic carbocycles. The first kappa shape index (κ1) is 18.4. The van der Waals surface area contributed by atoms with Crippen LogP contribution in [0.15, 0.2) is 78.9 Å². The van der Waals surface area contributed by atoms with Crippen molar-refractivity contribution in [3.8, 4) is 11.5 Å². The number of benzene rings is 3. The number of Topliss-reactive ketones (excluding diaryl/α,β-unsaturated/α-hetero) is 1. The summed E-state index contributed by atoms with van der Waals surface area (Å²) in [6.07, 6.45) is 0. The van der Waals surface area contributed by atoms with Crippen molar-refractivity contribution < 1.29 is 14.3 Å². The van der Waals surface area contributed by atoms with Gasteiger partial charge in [0.25, 0.3) is 0 Å². The van der Waals surface area contributed by atoms with E-state index in [9.17, 15) is 9.59 Å². The normalized spacial score (nSPS) is 10.3. The summed E-state index contributed by atoms with van der Waals surface area (Å²) >= 11 is 0. The molecule has 0 saturated carbocycles. The fraction of sp³-hybridized carbons (Fsp3) is 0.130. The Kier molecular flexibility index (Phi) is 5.67. The number of nitrogens with zero attached hydrogens (tertiary/aromatic N) is 1. The number of amides is 1. The van der Waals surface area contributed by atoms with Crippen molar-refractivity contribution in [3.63, 3.8) is 0 Å². The van der Waals surface area contributed by atoms with Gasteiger partial charge in [-0.25, -0.2) is 0 Å². The molecule has 0 spiro atoms. The van der Waals surface area contributed by atoms with Crippen LogP contribution in [0.2, 0.25) is 0 Å². The molecule has 0 bridgehead atoms. The zero-order valence-corrected chi connectivity index (χ0v) is 15.4. The fourth-order valence-corrected chi connectivity index (χ4v) is 2.92. The fourth-order valence-electron chi connectivity index (χ4n) is 2.92. The average Bonchev–Trinajstić information content (AvgIpc) is 2.67. The van der Waals surface area contributed by atoms with Gasteiger partial charge >= 0.3 is 0 Å². The zero-order chi connectivity index (χ0) is 19.2. The third-order valence-corrected chi connectivity index (χ3v) is 4.23. The number of ketones is 1. The van der Waals surface area contributed by atoms with Crippen molar-refractivity contribution >= 4 is 17.4 Å². The van der Waals surface area contributed by atoms with Crippen molar-refractivity contribution in [2.45, 2.75) is 20.4 Å². The lowest BCUT2D eigenvalue weighted by Gasteiger charge is -2.24. The molecule has 136 valence electrons. The topological polar surface area (TPSA) is 46.6 Å². The van der Waals surface area contributed by atoms with Gasteiger partial charge in [0.2, 0.25) is 5.91 Å². The van der Waals surface area contributed by atoms with Crippen molar-refractivity contribution in [2.24, 2.45) is 0 Å². The first-order valence-electron chi connectivity index (χ1n) is 8.75. The van der Waals surface area contributed by atoms with Crippen LogP contribution >= 0.6 is 0 Å². The second-order valence-corrected chi connectivity index (χ2v) is 6.20. The lowest BCUT2D eigenvalue weighted by atomic mass is 10.0. The second-order valence-electron chi connectivity index (χ2n) is 6.20. The van der Waals surface area contributed by atoms with Gasteiger partial charge in [-0.2, -0.15) is 0 Å². The molecule has 0 aliphatic rings. The van der Waals surface area contributed by atoms with E-state index in [1.165, 1.54) is 13.8 Å². The third-order valence-electron chi connectivity index (χ3n) is 4.23. The Balaban J connectivity index is 1.97. The Morgan fingerprint density at radius 3 is 2.15 bits per heavy atom. The monoisotopic (exact) mass is 359 g/mol. The number of hydrogen-bond donors (Lipinski definition) is 0. The first-order chi connectivity index (χ1) is 13.1. The molecule has 0 aromatic heterocycles. The molecule has 0 aliphatic carbocycles. The van der Waals surface area contributed by atoms with Crippen LogP contribution in [0.1, 0.15) is 29.8 Å². The standard InChI is InChI=1S/C23H21NO3/c1-17(25)21-13-7-6-10-19(21)16-24(18(2)26)22-14-8-9-15-23(22)27-20-11-4-3-5-12-20/h3-15H,16H2,1-2H3. The maximum atomic E-state index is 12.4. The Labute approximate surface area is 159 Å². The van der Waals surface area contributed by atoms with Gasteiger partial charge in [-0.15, -0.1) is 0 Å². The van der Waals surface area contributed by atoms with E-state index in [1.807, 2.05) is 72.8 Å². The van der Waals surface area contributed by atoms with Gasteiger partial charge in [0.05, 0.1) is 12.2 Å². The maximum absolute atomic E-state index is 12.4. The second kappa shape index (κ2) is 8.32. The summed E-state index contributed by atoms with van der Waals surface area (Å²) in [5.74, 6) is 1.12. The average molecular weight is 359 g/mol. The van der Waals surface area contributed by atoms with Crippen molar-refractivity contribution in [2.75, 3.05) is 4.90 Å². The van der Waals surface area contributed by atoms with Crippen LogP contribution in [0, 0.1) is 0 Å². The Morgan fingerprint density at radius 1 is 0.815 bits per heavy atom. The highest BCUT2D eigenvalue weighted by Crippen LogP contribution is 2.33. The van der Waals surface area contributed by atoms with Crippen LogP contribution in [0.3, 0.4) is 0 Å². The van der Waals surface area contributed by atoms with Crippen molar-refractivity contribution in [1.82, 2.24) is 0 Å². The molecule has 0 aliphatic heterocycles. The van der Waals surface area contributed by atoms with Gasteiger partial charge in [-0.3, -0.25) is 9.59 Å². The zero-order valence-electron chi connectivity index (χ0n) is 15.4. The molecule has 3 rings (SSSR count). The van der Waals surface area contributed by atoms with Crippen LogP contribution in [0.5, 0.6) is 11.5 Å². The van der Waals surface area contributed by atoms with Gasteiger partial charge in [-0.1, -0.05) is 54.6 Å². The molecule has 1 amide bonds. The number of carbonyl (C=O) groups excluding carboxylic acids is 2. The van der Waals surface area contributed by atoms with E-state index in [2.05, 4.69) is 0 Å². The summed E-state index contributed by atoms with van der Waals surface area (Å²) in [5.41, 5.74) is 2.08. The van der Waals surface area contributed by atoms with Crippen LogP contribution in [0.25, 0.3) is 0 Å². The summed E-state index contributed by atoms with van der Waals surface area (Å²) in [6.45, 7) is 3.33. The molecule has 0 heterocycles. The smallest absolute Gasteiger partial charge is 0.224 e. The molecule has 0 radical (unpaired) electrons. The summed E-state index contributed by atoms with van der Waals surface area (Å²) in [7, 11) is 0. The van der Waals surface area contributed by atoms with Crippen LogP contribution in [0.4, 0.5) is 5.69 Å². The number of anilines is 1. The Hall–Kier alpha value is -3.40. The summed E-state index contributed by atoms with van der Waals surface area (Å²) < 4.78 is 6.00. The van der Waals surface area contributed by atoms with Crippen molar-refractivity contribution in [1.29, 1.82) is 0 Å². The molecule has 3 aromatic rings. The van der Waals surface area contributed by atoms with E-state index < -0.39 is 0 Å². The number of carbonyl (C=O) groups is 2. The van der Waals surface area contributed by atoms with Crippen LogP contribution < -0.4 is 9.64 Å². The van der Waals surface area contributed by atoms with E-state index in [1.54, 1.807) is 11.0 Å². The van der Waals surface area contributed by atoms with Crippen LogP contribution in [-0.2, 0) is 11.3 Å². The Bertz CT molecular complexity index is 951. The molecule has 0 N–H and O–H groups in total. The molecule has 4 heteroatoms. The highest BCUT2D eigenvalue weighted by atomic mass is 16.5. The summed E-state index contributed by atoms with van der Waals surface area (Å²) in [5, 5.41) is 0. The number of hydrogen-bond acceptors (Lipinski definition) is 3. The number of rotatable bonds is 6. The van der Waals surface area contributed by atoms with E-state index in [4.69, 9.17) is 4.74 Å². The lowest BCUT2D eigenvalue weighted by Crippen LogP contribution is -2.29. The van der Waals surface area contributed by atoms with E-state index in [-0.39, 0.29) is 11.7 Å². The number of ether oxygens (including phenoxy) is 1. The quantitative estimate of drug-likeness (QED) is 0.566. The summed E-state index contributed by atoms with van der Waals surface area (Å²) in [4.78, 5) is 26.0. The van der Waals surface area contributed by atoms with Crippen molar-refractivity contribution in [3.05, 3.63) is 90.0 Å². The predicted molar refractivity (Wildman–Crippen MR) is 106 cm³/mol. The van der Waals surface area contributed by atoms with E-state index in [0.717, 1.165) is 5.56 Å². The largest absolute Gasteiger partial charge is 0.455 e. The van der Waals surface area contributed by atoms with Gasteiger partial charge in [-0.05, 0) is 36.8 Å². The van der Waals surface area contributed by atoms with Gasteiger partial charge in [0.15, 0.2) is 11.5 Å². The van der Waals surface area contributed by atoms with Gasteiger partial charge in [0.1, 0.15) is 5.75 Å². The molecule has 0 unspecified atom stereocenters. The highest BCUT2D eigenvalue weighted by molar-refractivity contribution is 5.97. The molecule has 27 heavy (non-hydrogen) atoms. The number of para-hydroxylation sites is 3. The SMILES string of the molecule is CC(=O)c1ccccc1CN(C(C)=O)c1ccccc1Oc1ccccc1. The summed E-state index contributed by atoms with van der Waals surface area (Å²) in [6, 6.07) is 24.2. The minimum Gasteiger partial charge on any atom is -0.455 e. The lowest BCUT2D eigenvalue weighted by molar-refractivity contribution is -0.116. The maximum Gasteiger partial charge on any atom is 0.224 e. The molecule has 4 nitrogen and oxygen atoms in total. The molecule has 0 atom stereocenters. The van der Waals surface area contributed by atoms with E-state index >= 15 is 0 Å². The minimum absolute atomic E-state index is 0.0251. The van der Waals surface area contributed by atoms with Crippen LogP contribution in [-0.4, -0.2) is 11.7 Å². The van der Waals surface area contributed by atoms with E-state index in [0.29, 0.717) is 29.3 Å². The highest BCUT2D eigenvalue weighted by Gasteiger charge is 2.19. The minimum atomic E-state index is -0.127. The van der Waals surface area contributed by atoms with Gasteiger partial charge in [0, 0.05) is 12.5 Å². The Morgan fingerprint density at radius 2 is 1.44 bits per heavy atom. The first-order valence-corrected chi connectivity index (χ1v) is 8.75. The third kappa shape index (κ3) is 4.42.